The van der Waals surface area contributed by atoms with Crippen LogP contribution in [-0.2, 0) is 9.53 Å². The third-order valence-electron chi connectivity index (χ3n) is 3.65. The van der Waals surface area contributed by atoms with Gasteiger partial charge in [0.05, 0.1) is 12.5 Å². The number of piperidine rings is 1. The summed E-state index contributed by atoms with van der Waals surface area (Å²) in [7, 11) is 0. The van der Waals surface area contributed by atoms with Gasteiger partial charge in [-0.3, -0.25) is 4.79 Å². The second-order valence-corrected chi connectivity index (χ2v) is 7.64. The molecule has 6 nitrogen and oxygen atoms in total. The third kappa shape index (κ3) is 5.53. The van der Waals surface area contributed by atoms with Crippen molar-refractivity contribution in [3.05, 3.63) is 0 Å². The zero-order chi connectivity index (χ0) is 16.4. The summed E-state index contributed by atoms with van der Waals surface area (Å²) >= 11 is 0. The summed E-state index contributed by atoms with van der Waals surface area (Å²) in [6, 6.07) is -0.866. The van der Waals surface area contributed by atoms with Crippen LogP contribution in [0, 0.1) is 5.41 Å². The summed E-state index contributed by atoms with van der Waals surface area (Å²) < 4.78 is 5.44. The molecular weight excluding hydrogens is 272 g/mol. The molecule has 1 aliphatic heterocycles. The van der Waals surface area contributed by atoms with Crippen molar-refractivity contribution in [2.75, 3.05) is 6.54 Å². The number of hydrogen-bond donors (Lipinski definition) is 2. The first-order chi connectivity index (χ1) is 9.41. The van der Waals surface area contributed by atoms with Crippen LogP contribution in [0.2, 0.25) is 0 Å². The number of hydrogen-bond acceptors (Lipinski definition) is 4. The lowest BCUT2D eigenvalue weighted by molar-refractivity contribution is -0.138. The summed E-state index contributed by atoms with van der Waals surface area (Å²) in [6.07, 6.45) is 1.04. The smallest absolute Gasteiger partial charge is 0.410 e. The Morgan fingerprint density at radius 1 is 1.43 bits per heavy atom. The van der Waals surface area contributed by atoms with E-state index in [-0.39, 0.29) is 17.9 Å². The highest BCUT2D eigenvalue weighted by atomic mass is 16.6. The first-order valence-electron chi connectivity index (χ1n) is 7.38. The van der Waals surface area contributed by atoms with Gasteiger partial charge in [0.25, 0.3) is 0 Å². The van der Waals surface area contributed by atoms with E-state index in [9.17, 15) is 9.59 Å². The van der Waals surface area contributed by atoms with E-state index in [2.05, 4.69) is 13.8 Å². The number of nitrogens with zero attached hydrogens (tertiary/aromatic N) is 1. The van der Waals surface area contributed by atoms with Gasteiger partial charge in [0.15, 0.2) is 0 Å². The maximum Gasteiger partial charge on any atom is 0.410 e. The third-order valence-corrected chi connectivity index (χ3v) is 3.65. The highest BCUT2D eigenvalue weighted by Crippen LogP contribution is 2.34. The molecule has 1 amide bonds. The number of ether oxygens (including phenoxy) is 1. The molecule has 0 spiro atoms. The number of carboxylic acid groups (broad SMARTS) is 1. The van der Waals surface area contributed by atoms with E-state index in [4.69, 9.17) is 15.6 Å². The summed E-state index contributed by atoms with van der Waals surface area (Å²) in [5.41, 5.74) is 5.40. The highest BCUT2D eigenvalue weighted by Gasteiger charge is 2.40. The van der Waals surface area contributed by atoms with E-state index >= 15 is 0 Å². The fraction of sp³-hybridized carbons (Fsp3) is 0.867. The SMILES string of the molecule is CC1(C)CCC(C(N)CC(=O)O)N(C(=O)OC(C)(C)C)C1. The van der Waals surface area contributed by atoms with Gasteiger partial charge in [0, 0.05) is 12.6 Å². The van der Waals surface area contributed by atoms with E-state index < -0.39 is 23.7 Å². The van der Waals surface area contributed by atoms with Crippen molar-refractivity contribution in [2.24, 2.45) is 11.1 Å². The van der Waals surface area contributed by atoms with Crippen LogP contribution < -0.4 is 5.73 Å². The zero-order valence-electron chi connectivity index (χ0n) is 13.7. The molecule has 1 rings (SSSR count). The molecule has 0 aromatic rings. The molecule has 0 saturated carbocycles. The standard InChI is InChI=1S/C15H28N2O4/c1-14(2,3)21-13(20)17-9-15(4,5)7-6-11(17)10(16)8-12(18)19/h10-11H,6-9,16H2,1-5H3,(H,18,19). The largest absolute Gasteiger partial charge is 0.481 e. The lowest BCUT2D eigenvalue weighted by Crippen LogP contribution is -2.57. The Labute approximate surface area is 126 Å². The van der Waals surface area contributed by atoms with Crippen LogP contribution in [-0.4, -0.2) is 46.3 Å². The van der Waals surface area contributed by atoms with Gasteiger partial charge < -0.3 is 20.5 Å². The molecule has 0 aliphatic carbocycles. The van der Waals surface area contributed by atoms with Gasteiger partial charge in [-0.1, -0.05) is 13.8 Å². The Morgan fingerprint density at radius 3 is 2.48 bits per heavy atom. The lowest BCUT2D eigenvalue weighted by atomic mass is 9.79. The van der Waals surface area contributed by atoms with E-state index in [0.717, 1.165) is 6.42 Å². The molecule has 0 radical (unpaired) electrons. The van der Waals surface area contributed by atoms with Crippen LogP contribution in [0.3, 0.4) is 0 Å². The monoisotopic (exact) mass is 300 g/mol. The molecule has 2 atom stereocenters. The molecule has 0 aromatic heterocycles. The Bertz CT molecular complexity index is 401. The molecule has 122 valence electrons. The minimum Gasteiger partial charge on any atom is -0.481 e. The number of aliphatic carboxylic acids is 1. The minimum absolute atomic E-state index is 0.0175. The van der Waals surface area contributed by atoms with E-state index in [1.165, 1.54) is 0 Å². The molecule has 3 N–H and O–H groups in total. The summed E-state index contributed by atoms with van der Waals surface area (Å²) in [5.74, 6) is -0.948. The van der Waals surface area contributed by atoms with Crippen LogP contribution in [0.1, 0.15) is 53.9 Å². The fourth-order valence-electron chi connectivity index (χ4n) is 2.66. The molecule has 0 aromatic carbocycles. The molecule has 1 fully saturated rings. The van der Waals surface area contributed by atoms with Gasteiger partial charge in [-0.2, -0.15) is 0 Å². The summed E-state index contributed by atoms with van der Waals surface area (Å²) in [5, 5.41) is 8.91. The van der Waals surface area contributed by atoms with Crippen molar-refractivity contribution < 1.29 is 19.4 Å². The van der Waals surface area contributed by atoms with Crippen LogP contribution in [0.5, 0.6) is 0 Å². The molecule has 2 unspecified atom stereocenters. The van der Waals surface area contributed by atoms with Crippen molar-refractivity contribution in [1.29, 1.82) is 0 Å². The molecule has 21 heavy (non-hydrogen) atoms. The van der Waals surface area contributed by atoms with Crippen molar-refractivity contribution in [1.82, 2.24) is 4.90 Å². The topological polar surface area (TPSA) is 92.9 Å². The second kappa shape index (κ2) is 6.22. The Kier molecular flexibility index (Phi) is 5.25. The van der Waals surface area contributed by atoms with Crippen molar-refractivity contribution in [3.63, 3.8) is 0 Å². The Morgan fingerprint density at radius 2 is 2.00 bits per heavy atom. The van der Waals surface area contributed by atoms with Crippen LogP contribution in [0.25, 0.3) is 0 Å². The van der Waals surface area contributed by atoms with Gasteiger partial charge in [-0.25, -0.2) is 4.79 Å². The molecule has 1 saturated heterocycles. The molecule has 6 heteroatoms. The van der Waals surface area contributed by atoms with Gasteiger partial charge in [-0.05, 0) is 39.0 Å². The van der Waals surface area contributed by atoms with Crippen molar-refractivity contribution in [2.45, 2.75) is 71.6 Å². The predicted molar refractivity (Wildman–Crippen MR) is 80.0 cm³/mol. The number of likely N-dealkylation sites (tertiary alicyclic amines) is 1. The summed E-state index contributed by atoms with van der Waals surface area (Å²) in [6.45, 7) is 10.1. The lowest BCUT2D eigenvalue weighted by Gasteiger charge is -2.45. The minimum atomic E-state index is -0.948. The van der Waals surface area contributed by atoms with Crippen molar-refractivity contribution in [3.8, 4) is 0 Å². The number of carboxylic acids is 1. The molecular formula is C15H28N2O4. The first-order valence-corrected chi connectivity index (χ1v) is 7.38. The van der Waals surface area contributed by atoms with Crippen molar-refractivity contribution >= 4 is 12.1 Å². The Balaban J connectivity index is 2.89. The maximum absolute atomic E-state index is 12.4. The maximum atomic E-state index is 12.4. The van der Waals surface area contributed by atoms with E-state index in [0.29, 0.717) is 13.0 Å². The first kappa shape index (κ1) is 17.8. The zero-order valence-corrected chi connectivity index (χ0v) is 13.7. The molecule has 1 aliphatic rings. The van der Waals surface area contributed by atoms with Crippen LogP contribution >= 0.6 is 0 Å². The predicted octanol–water partition coefficient (Wildman–Crippen LogP) is 2.21. The second-order valence-electron chi connectivity index (χ2n) is 7.64. The number of amides is 1. The van der Waals surface area contributed by atoms with Gasteiger partial charge >= 0.3 is 12.1 Å². The normalized spacial score (nSPS) is 23.5. The van der Waals surface area contributed by atoms with Gasteiger partial charge in [-0.15, -0.1) is 0 Å². The summed E-state index contributed by atoms with van der Waals surface area (Å²) in [4.78, 5) is 24.9. The Hall–Kier alpha value is -1.30. The van der Waals surface area contributed by atoms with Crippen LogP contribution in [0.4, 0.5) is 4.79 Å². The number of nitrogens with two attached hydrogens (primary N) is 1. The van der Waals surface area contributed by atoms with Crippen LogP contribution in [0.15, 0.2) is 0 Å². The van der Waals surface area contributed by atoms with Gasteiger partial charge in [0.2, 0.25) is 0 Å². The molecule has 1 heterocycles. The molecule has 0 bridgehead atoms. The van der Waals surface area contributed by atoms with E-state index in [1.54, 1.807) is 4.90 Å². The quantitative estimate of drug-likeness (QED) is 0.833. The number of rotatable bonds is 3. The average Bonchev–Trinajstić information content (AvgIpc) is 2.24. The average molecular weight is 300 g/mol. The van der Waals surface area contributed by atoms with E-state index in [1.807, 2.05) is 20.8 Å². The van der Waals surface area contributed by atoms with Gasteiger partial charge in [0.1, 0.15) is 5.60 Å². The number of carbonyl (C=O) groups excluding carboxylic acids is 1. The highest BCUT2D eigenvalue weighted by molar-refractivity contribution is 5.70. The number of carbonyl (C=O) groups is 2. The fourth-order valence-corrected chi connectivity index (χ4v) is 2.66.